The van der Waals surface area contributed by atoms with Crippen LogP contribution in [-0.4, -0.2) is 0 Å². The zero-order valence-electron chi connectivity index (χ0n) is 14.6. The summed E-state index contributed by atoms with van der Waals surface area (Å²) in [6.45, 7) is 2.29. The lowest BCUT2D eigenvalue weighted by atomic mass is 9.80. The van der Waals surface area contributed by atoms with Gasteiger partial charge in [-0.3, -0.25) is 0 Å². The number of fused-ring (bicyclic) bond motifs is 1. The van der Waals surface area contributed by atoms with Crippen molar-refractivity contribution < 1.29 is 0 Å². The number of hydrogen-bond donors (Lipinski definition) is 0. The van der Waals surface area contributed by atoms with E-state index < -0.39 is 0 Å². The average Bonchev–Trinajstić information content (AvgIpc) is 2.62. The minimum Gasteiger partial charge on any atom is -0.0654 e. The van der Waals surface area contributed by atoms with Crippen molar-refractivity contribution in [1.29, 1.82) is 0 Å². The van der Waals surface area contributed by atoms with Gasteiger partial charge in [0.25, 0.3) is 0 Å². The SMILES string of the molecule is CCCCCCCC1CCc2cc(-c3ccccc3)ccc2C1. The summed E-state index contributed by atoms with van der Waals surface area (Å²) in [5.74, 6) is 0.923. The molecule has 0 N–H and O–H groups in total. The molecular formula is C23H30. The van der Waals surface area contributed by atoms with Gasteiger partial charge in [-0.05, 0) is 47.4 Å². The lowest BCUT2D eigenvalue weighted by Gasteiger charge is -2.25. The van der Waals surface area contributed by atoms with Crippen LogP contribution in [0.2, 0.25) is 0 Å². The van der Waals surface area contributed by atoms with Gasteiger partial charge in [0.05, 0.1) is 0 Å². The third-order valence-corrected chi connectivity index (χ3v) is 5.36. The molecule has 2 aromatic carbocycles. The van der Waals surface area contributed by atoms with Crippen LogP contribution in [0.15, 0.2) is 48.5 Å². The Morgan fingerprint density at radius 1 is 0.826 bits per heavy atom. The van der Waals surface area contributed by atoms with Crippen LogP contribution in [0.5, 0.6) is 0 Å². The molecule has 0 spiro atoms. The molecule has 0 heterocycles. The Balaban J connectivity index is 1.57. The van der Waals surface area contributed by atoms with Gasteiger partial charge in [-0.15, -0.1) is 0 Å². The van der Waals surface area contributed by atoms with Crippen molar-refractivity contribution in [2.75, 3.05) is 0 Å². The molecule has 0 bridgehead atoms. The predicted octanol–water partition coefficient (Wildman–Crippen LogP) is 6.82. The lowest BCUT2D eigenvalue weighted by molar-refractivity contribution is 0.405. The monoisotopic (exact) mass is 306 g/mol. The van der Waals surface area contributed by atoms with Crippen LogP contribution >= 0.6 is 0 Å². The van der Waals surface area contributed by atoms with Crippen molar-refractivity contribution in [3.63, 3.8) is 0 Å². The number of unbranched alkanes of at least 4 members (excludes halogenated alkanes) is 4. The summed E-state index contributed by atoms with van der Waals surface area (Å²) in [4.78, 5) is 0. The van der Waals surface area contributed by atoms with Crippen LogP contribution in [0.3, 0.4) is 0 Å². The number of rotatable bonds is 7. The van der Waals surface area contributed by atoms with Crippen LogP contribution < -0.4 is 0 Å². The van der Waals surface area contributed by atoms with Crippen molar-refractivity contribution in [2.45, 2.75) is 64.7 Å². The molecule has 0 heteroatoms. The van der Waals surface area contributed by atoms with Crippen LogP contribution in [-0.2, 0) is 12.8 Å². The molecule has 0 saturated carbocycles. The molecule has 0 fully saturated rings. The lowest BCUT2D eigenvalue weighted by Crippen LogP contribution is -2.14. The highest BCUT2D eigenvalue weighted by atomic mass is 14.2. The van der Waals surface area contributed by atoms with Crippen LogP contribution in [0.1, 0.15) is 63.0 Å². The zero-order valence-corrected chi connectivity index (χ0v) is 14.6. The zero-order chi connectivity index (χ0) is 15.9. The molecule has 122 valence electrons. The van der Waals surface area contributed by atoms with Crippen molar-refractivity contribution in [2.24, 2.45) is 5.92 Å². The summed E-state index contributed by atoms with van der Waals surface area (Å²) < 4.78 is 0. The van der Waals surface area contributed by atoms with E-state index in [0.29, 0.717) is 0 Å². The second-order valence-electron chi connectivity index (χ2n) is 7.16. The second-order valence-corrected chi connectivity index (χ2v) is 7.16. The normalized spacial score (nSPS) is 17.0. The van der Waals surface area contributed by atoms with Crippen LogP contribution in [0, 0.1) is 5.92 Å². The highest BCUT2D eigenvalue weighted by molar-refractivity contribution is 5.65. The molecule has 0 nitrogen and oxygen atoms in total. The van der Waals surface area contributed by atoms with E-state index in [0.717, 1.165) is 5.92 Å². The predicted molar refractivity (Wildman–Crippen MR) is 101 cm³/mol. The van der Waals surface area contributed by atoms with Gasteiger partial charge in [0, 0.05) is 0 Å². The van der Waals surface area contributed by atoms with Gasteiger partial charge in [-0.25, -0.2) is 0 Å². The molecule has 1 aliphatic carbocycles. The van der Waals surface area contributed by atoms with E-state index in [1.54, 1.807) is 11.1 Å². The first-order chi connectivity index (χ1) is 11.4. The Morgan fingerprint density at radius 2 is 1.65 bits per heavy atom. The first-order valence-corrected chi connectivity index (χ1v) is 9.54. The molecule has 1 aliphatic rings. The Labute approximate surface area is 141 Å². The minimum absolute atomic E-state index is 0.923. The third kappa shape index (κ3) is 4.47. The van der Waals surface area contributed by atoms with Crippen LogP contribution in [0.4, 0.5) is 0 Å². The fourth-order valence-electron chi connectivity index (χ4n) is 3.92. The van der Waals surface area contributed by atoms with Gasteiger partial charge in [0.1, 0.15) is 0 Å². The van der Waals surface area contributed by atoms with E-state index in [1.165, 1.54) is 68.9 Å². The maximum atomic E-state index is 2.43. The smallest absolute Gasteiger partial charge is 0.0181 e. The summed E-state index contributed by atoms with van der Waals surface area (Å²) >= 11 is 0. The number of benzene rings is 2. The van der Waals surface area contributed by atoms with Gasteiger partial charge in [0.15, 0.2) is 0 Å². The molecule has 0 radical (unpaired) electrons. The van der Waals surface area contributed by atoms with E-state index in [4.69, 9.17) is 0 Å². The van der Waals surface area contributed by atoms with Gasteiger partial charge in [-0.2, -0.15) is 0 Å². The van der Waals surface area contributed by atoms with E-state index in [1.807, 2.05) is 0 Å². The molecule has 23 heavy (non-hydrogen) atoms. The number of hydrogen-bond acceptors (Lipinski definition) is 0. The standard InChI is InChI=1S/C23H30/c1-2-3-4-5-7-10-19-13-14-23-18-22(16-15-21(23)17-19)20-11-8-6-9-12-20/h6,8-9,11-12,15-16,18-19H,2-5,7,10,13-14,17H2,1H3. The largest absolute Gasteiger partial charge is 0.0654 e. The summed E-state index contributed by atoms with van der Waals surface area (Å²) in [6, 6.07) is 17.9. The second kappa shape index (κ2) is 8.34. The summed E-state index contributed by atoms with van der Waals surface area (Å²) in [5, 5.41) is 0. The Hall–Kier alpha value is -1.56. The Kier molecular flexibility index (Phi) is 5.91. The average molecular weight is 306 g/mol. The summed E-state index contributed by atoms with van der Waals surface area (Å²) in [5.41, 5.74) is 5.92. The fourth-order valence-corrected chi connectivity index (χ4v) is 3.92. The molecule has 0 amide bonds. The Morgan fingerprint density at radius 3 is 2.48 bits per heavy atom. The fraction of sp³-hybridized carbons (Fsp3) is 0.478. The maximum absolute atomic E-state index is 2.43. The van der Waals surface area contributed by atoms with E-state index in [9.17, 15) is 0 Å². The molecule has 0 aliphatic heterocycles. The molecule has 2 aromatic rings. The molecule has 1 unspecified atom stereocenters. The van der Waals surface area contributed by atoms with E-state index in [-0.39, 0.29) is 0 Å². The highest BCUT2D eigenvalue weighted by Crippen LogP contribution is 2.32. The van der Waals surface area contributed by atoms with Crippen molar-refractivity contribution in [3.05, 3.63) is 59.7 Å². The first-order valence-electron chi connectivity index (χ1n) is 9.54. The molecule has 3 rings (SSSR count). The molecular weight excluding hydrogens is 276 g/mol. The topological polar surface area (TPSA) is 0 Å². The van der Waals surface area contributed by atoms with Crippen molar-refractivity contribution in [3.8, 4) is 11.1 Å². The minimum atomic E-state index is 0.923. The maximum Gasteiger partial charge on any atom is -0.0181 e. The third-order valence-electron chi connectivity index (χ3n) is 5.36. The number of aryl methyl sites for hydroxylation is 1. The van der Waals surface area contributed by atoms with Gasteiger partial charge in [-0.1, -0.05) is 94.0 Å². The van der Waals surface area contributed by atoms with E-state index >= 15 is 0 Å². The Bertz CT molecular complexity index is 597. The van der Waals surface area contributed by atoms with E-state index in [2.05, 4.69) is 55.5 Å². The quantitative estimate of drug-likeness (QED) is 0.492. The van der Waals surface area contributed by atoms with Gasteiger partial charge < -0.3 is 0 Å². The van der Waals surface area contributed by atoms with Crippen LogP contribution in [0.25, 0.3) is 11.1 Å². The summed E-state index contributed by atoms with van der Waals surface area (Å²) in [7, 11) is 0. The van der Waals surface area contributed by atoms with Crippen molar-refractivity contribution >= 4 is 0 Å². The summed E-state index contributed by atoms with van der Waals surface area (Å²) in [6.07, 6.45) is 12.5. The highest BCUT2D eigenvalue weighted by Gasteiger charge is 2.18. The molecule has 0 saturated heterocycles. The van der Waals surface area contributed by atoms with Crippen molar-refractivity contribution in [1.82, 2.24) is 0 Å². The molecule has 1 atom stereocenters. The molecule has 0 aromatic heterocycles. The van der Waals surface area contributed by atoms with Gasteiger partial charge >= 0.3 is 0 Å². The first kappa shape index (κ1) is 16.3. The van der Waals surface area contributed by atoms with Gasteiger partial charge in [0.2, 0.25) is 0 Å².